The van der Waals surface area contributed by atoms with Crippen molar-refractivity contribution in [3.63, 3.8) is 0 Å². The van der Waals surface area contributed by atoms with Gasteiger partial charge in [0.1, 0.15) is 17.4 Å². The summed E-state index contributed by atoms with van der Waals surface area (Å²) in [5, 5.41) is 2.50. The number of hydrogen-bond acceptors (Lipinski definition) is 4. The molecule has 1 amide bonds. The van der Waals surface area contributed by atoms with Crippen molar-refractivity contribution >= 4 is 11.9 Å². The van der Waals surface area contributed by atoms with Crippen molar-refractivity contribution in [1.29, 1.82) is 0 Å². The Hall–Kier alpha value is -2.96. The monoisotopic (exact) mass is 349 g/mol. The predicted octanol–water partition coefficient (Wildman–Crippen LogP) is 2.89. The zero-order chi connectivity index (χ0) is 18.4. The molecule has 5 nitrogen and oxygen atoms in total. The van der Waals surface area contributed by atoms with Crippen LogP contribution < -0.4 is 10.1 Å². The largest absolute Gasteiger partial charge is 0.497 e. The first kappa shape index (κ1) is 18.4. The Labute approximate surface area is 143 Å². The van der Waals surface area contributed by atoms with E-state index < -0.39 is 35.2 Å². The van der Waals surface area contributed by atoms with E-state index in [2.05, 4.69) is 5.32 Å². The Morgan fingerprint density at radius 3 is 2.20 bits per heavy atom. The fourth-order valence-corrected chi connectivity index (χ4v) is 2.20. The summed E-state index contributed by atoms with van der Waals surface area (Å²) >= 11 is 0. The minimum Gasteiger partial charge on any atom is -0.497 e. The molecule has 0 radical (unpaired) electrons. The number of hydrogen-bond donors (Lipinski definition) is 1. The van der Waals surface area contributed by atoms with E-state index in [4.69, 9.17) is 9.47 Å². The van der Waals surface area contributed by atoms with E-state index >= 15 is 0 Å². The minimum atomic E-state index is -1.71. The van der Waals surface area contributed by atoms with Gasteiger partial charge in [-0.3, -0.25) is 9.59 Å². The third kappa shape index (κ3) is 4.76. The summed E-state index contributed by atoms with van der Waals surface area (Å²) < 4.78 is 37.7. The fourth-order valence-electron chi connectivity index (χ4n) is 2.20. The van der Waals surface area contributed by atoms with Crippen LogP contribution in [0.25, 0.3) is 0 Å². The summed E-state index contributed by atoms with van der Waals surface area (Å²) in [7, 11) is 1.53. The molecule has 25 heavy (non-hydrogen) atoms. The second-order valence-corrected chi connectivity index (χ2v) is 5.19. The summed E-state index contributed by atoms with van der Waals surface area (Å²) in [4.78, 5) is 23.6. The normalized spacial score (nSPS) is 11.5. The molecule has 0 bridgehead atoms. The minimum absolute atomic E-state index is 0.0939. The quantitative estimate of drug-likeness (QED) is 0.815. The van der Waals surface area contributed by atoms with Crippen LogP contribution in [0.5, 0.6) is 5.75 Å². The molecule has 0 saturated heterocycles. The van der Waals surface area contributed by atoms with Crippen molar-refractivity contribution in [1.82, 2.24) is 5.32 Å². The number of amides is 1. The smallest absolute Gasteiger partial charge is 0.303 e. The van der Waals surface area contributed by atoms with Gasteiger partial charge >= 0.3 is 5.97 Å². The van der Waals surface area contributed by atoms with Gasteiger partial charge in [-0.1, -0.05) is 18.2 Å². The summed E-state index contributed by atoms with van der Waals surface area (Å²) in [6, 6.07) is 10.0. The van der Waals surface area contributed by atoms with Crippen LogP contribution in [-0.2, 0) is 20.9 Å². The number of methoxy groups -OCH3 is 1. The van der Waals surface area contributed by atoms with E-state index in [-0.39, 0.29) is 6.54 Å². The van der Waals surface area contributed by atoms with E-state index in [0.29, 0.717) is 5.75 Å². The number of nitrogens with one attached hydrogen (secondary N) is 1. The SMILES string of the molecule is COc1ccc(CNC(=O)C(OC(C)=O)c2c(F)cccc2F)cc1. The van der Waals surface area contributed by atoms with Gasteiger partial charge in [0.2, 0.25) is 6.10 Å². The number of halogens is 2. The molecular formula is C18H17F2NO4. The highest BCUT2D eigenvalue weighted by Gasteiger charge is 2.29. The molecule has 132 valence electrons. The Morgan fingerprint density at radius 2 is 1.68 bits per heavy atom. The molecule has 0 saturated carbocycles. The highest BCUT2D eigenvalue weighted by molar-refractivity contribution is 5.84. The van der Waals surface area contributed by atoms with Gasteiger partial charge in [0, 0.05) is 13.5 Å². The molecule has 1 unspecified atom stereocenters. The molecule has 0 aliphatic rings. The number of ether oxygens (including phenoxy) is 2. The maximum Gasteiger partial charge on any atom is 0.303 e. The molecule has 2 aromatic carbocycles. The molecule has 0 aliphatic heterocycles. The third-order valence-electron chi connectivity index (χ3n) is 3.41. The average Bonchev–Trinajstić information content (AvgIpc) is 2.58. The summed E-state index contributed by atoms with van der Waals surface area (Å²) in [6.45, 7) is 1.15. The molecule has 2 aromatic rings. The van der Waals surface area contributed by atoms with Crippen molar-refractivity contribution in [3.05, 3.63) is 65.2 Å². The van der Waals surface area contributed by atoms with E-state index in [1.54, 1.807) is 24.3 Å². The third-order valence-corrected chi connectivity index (χ3v) is 3.41. The van der Waals surface area contributed by atoms with Crippen LogP contribution in [-0.4, -0.2) is 19.0 Å². The lowest BCUT2D eigenvalue weighted by molar-refractivity contribution is -0.154. The van der Waals surface area contributed by atoms with E-state index in [1.165, 1.54) is 7.11 Å². The average molecular weight is 349 g/mol. The zero-order valence-corrected chi connectivity index (χ0v) is 13.7. The van der Waals surface area contributed by atoms with Crippen molar-refractivity contribution in [3.8, 4) is 5.75 Å². The van der Waals surface area contributed by atoms with Crippen LogP contribution in [0.3, 0.4) is 0 Å². The Balaban J connectivity index is 2.16. The second-order valence-electron chi connectivity index (χ2n) is 5.19. The molecule has 0 heterocycles. The van der Waals surface area contributed by atoms with Gasteiger partial charge < -0.3 is 14.8 Å². The lowest BCUT2D eigenvalue weighted by Crippen LogP contribution is -2.32. The van der Waals surface area contributed by atoms with Crippen LogP contribution in [0.15, 0.2) is 42.5 Å². The van der Waals surface area contributed by atoms with E-state index in [9.17, 15) is 18.4 Å². The summed E-state index contributed by atoms with van der Waals surface area (Å²) in [6.07, 6.45) is -1.71. The van der Waals surface area contributed by atoms with Crippen LogP contribution >= 0.6 is 0 Å². The molecule has 0 fully saturated rings. The van der Waals surface area contributed by atoms with Gasteiger partial charge in [0.05, 0.1) is 12.7 Å². The maximum absolute atomic E-state index is 13.9. The molecule has 7 heteroatoms. The maximum atomic E-state index is 13.9. The molecular weight excluding hydrogens is 332 g/mol. The lowest BCUT2D eigenvalue weighted by Gasteiger charge is -2.18. The van der Waals surface area contributed by atoms with Gasteiger partial charge in [0.25, 0.3) is 5.91 Å². The fraction of sp³-hybridized carbons (Fsp3) is 0.222. The Bertz CT molecular complexity index is 742. The standard InChI is InChI=1S/C18H17F2NO4/c1-11(22)25-17(16-14(19)4-3-5-15(16)20)18(23)21-10-12-6-8-13(24-2)9-7-12/h3-9,17H,10H2,1-2H3,(H,21,23). The van der Waals surface area contributed by atoms with Crippen molar-refractivity contribution in [2.45, 2.75) is 19.6 Å². The van der Waals surface area contributed by atoms with Gasteiger partial charge in [-0.15, -0.1) is 0 Å². The zero-order valence-electron chi connectivity index (χ0n) is 13.7. The van der Waals surface area contributed by atoms with Gasteiger partial charge in [-0.05, 0) is 29.8 Å². The molecule has 0 aliphatic carbocycles. The number of carbonyl (C=O) groups is 2. The van der Waals surface area contributed by atoms with Gasteiger partial charge in [0.15, 0.2) is 0 Å². The summed E-state index contributed by atoms with van der Waals surface area (Å²) in [5.74, 6) is -2.93. The number of esters is 1. The molecule has 1 N–H and O–H groups in total. The van der Waals surface area contributed by atoms with Crippen LogP contribution in [0.4, 0.5) is 8.78 Å². The van der Waals surface area contributed by atoms with Crippen molar-refractivity contribution < 1.29 is 27.8 Å². The molecule has 1 atom stereocenters. The van der Waals surface area contributed by atoms with Crippen LogP contribution in [0, 0.1) is 11.6 Å². The summed E-state index contributed by atoms with van der Waals surface area (Å²) in [5.41, 5.74) is 0.134. The van der Waals surface area contributed by atoms with Crippen molar-refractivity contribution in [2.24, 2.45) is 0 Å². The van der Waals surface area contributed by atoms with E-state index in [1.807, 2.05) is 0 Å². The van der Waals surface area contributed by atoms with Crippen LogP contribution in [0.1, 0.15) is 24.2 Å². The predicted molar refractivity (Wildman–Crippen MR) is 85.7 cm³/mol. The molecule has 2 rings (SSSR count). The Morgan fingerprint density at radius 1 is 1.08 bits per heavy atom. The number of carbonyl (C=O) groups excluding carboxylic acids is 2. The first-order valence-corrected chi connectivity index (χ1v) is 7.44. The first-order valence-electron chi connectivity index (χ1n) is 7.44. The molecule has 0 spiro atoms. The molecule has 0 aromatic heterocycles. The van der Waals surface area contributed by atoms with Gasteiger partial charge in [-0.2, -0.15) is 0 Å². The van der Waals surface area contributed by atoms with E-state index in [0.717, 1.165) is 30.7 Å². The first-order chi connectivity index (χ1) is 11.9. The lowest BCUT2D eigenvalue weighted by atomic mass is 10.1. The second kappa shape index (κ2) is 8.23. The number of benzene rings is 2. The van der Waals surface area contributed by atoms with Crippen molar-refractivity contribution in [2.75, 3.05) is 7.11 Å². The van der Waals surface area contributed by atoms with Crippen LogP contribution in [0.2, 0.25) is 0 Å². The topological polar surface area (TPSA) is 64.6 Å². The number of rotatable bonds is 6. The Kier molecular flexibility index (Phi) is 6.05. The highest BCUT2D eigenvalue weighted by Crippen LogP contribution is 2.24. The highest BCUT2D eigenvalue weighted by atomic mass is 19.1. The van der Waals surface area contributed by atoms with Gasteiger partial charge in [-0.25, -0.2) is 8.78 Å².